The Morgan fingerprint density at radius 2 is 1.96 bits per heavy atom. The van der Waals surface area contributed by atoms with Crippen LogP contribution in [0, 0.1) is 5.92 Å². The van der Waals surface area contributed by atoms with Gasteiger partial charge in [0.1, 0.15) is 5.60 Å². The van der Waals surface area contributed by atoms with Crippen molar-refractivity contribution in [3.8, 4) is 0 Å². The molecule has 150 valence electrons. The van der Waals surface area contributed by atoms with Crippen LogP contribution in [-0.4, -0.2) is 42.1 Å². The molecule has 1 aromatic carbocycles. The molecule has 1 aliphatic heterocycles. The number of hydrogen-bond donors (Lipinski definition) is 1. The molecule has 0 aliphatic carbocycles. The van der Waals surface area contributed by atoms with Crippen LogP contribution in [0.1, 0.15) is 64.9 Å². The predicted molar refractivity (Wildman–Crippen MR) is 108 cm³/mol. The van der Waals surface area contributed by atoms with Crippen molar-refractivity contribution in [3.63, 3.8) is 0 Å². The molecule has 0 radical (unpaired) electrons. The quantitative estimate of drug-likeness (QED) is 0.806. The second-order valence-electron chi connectivity index (χ2n) is 8.46. The van der Waals surface area contributed by atoms with Gasteiger partial charge in [0.25, 0.3) is 0 Å². The fourth-order valence-corrected chi connectivity index (χ4v) is 3.50. The molecule has 5 heteroatoms. The Morgan fingerprint density at radius 1 is 1.26 bits per heavy atom. The van der Waals surface area contributed by atoms with Crippen molar-refractivity contribution in [2.75, 3.05) is 19.6 Å². The van der Waals surface area contributed by atoms with Gasteiger partial charge in [0.15, 0.2) is 0 Å². The van der Waals surface area contributed by atoms with Crippen LogP contribution in [0.2, 0.25) is 0 Å². The monoisotopic (exact) mass is 374 g/mol. The number of likely N-dealkylation sites (tertiary alicyclic amines) is 1. The van der Waals surface area contributed by atoms with Crippen molar-refractivity contribution in [2.24, 2.45) is 5.92 Å². The second kappa shape index (κ2) is 9.77. The maximum atomic E-state index is 12.4. The third-order valence-electron chi connectivity index (χ3n) is 4.95. The summed E-state index contributed by atoms with van der Waals surface area (Å²) in [4.78, 5) is 26.4. The van der Waals surface area contributed by atoms with E-state index in [9.17, 15) is 9.59 Å². The molecule has 1 N–H and O–H groups in total. The second-order valence-corrected chi connectivity index (χ2v) is 8.46. The Labute approximate surface area is 163 Å². The van der Waals surface area contributed by atoms with Gasteiger partial charge in [-0.05, 0) is 57.4 Å². The number of benzene rings is 1. The normalized spacial score (nSPS) is 18.7. The lowest BCUT2D eigenvalue weighted by atomic mass is 9.92. The summed E-state index contributed by atoms with van der Waals surface area (Å²) in [6.45, 7) is 9.74. The molecule has 2 amide bonds. The molecule has 0 saturated carbocycles. The number of carbonyl (C=O) groups is 2. The van der Waals surface area contributed by atoms with Crippen molar-refractivity contribution >= 4 is 12.0 Å². The van der Waals surface area contributed by atoms with Crippen LogP contribution in [0.15, 0.2) is 30.3 Å². The molecule has 1 heterocycles. The van der Waals surface area contributed by atoms with E-state index in [0.29, 0.717) is 19.5 Å². The van der Waals surface area contributed by atoms with E-state index in [1.54, 1.807) is 4.90 Å². The van der Waals surface area contributed by atoms with E-state index in [4.69, 9.17) is 4.74 Å². The number of ether oxygens (including phenoxy) is 1. The van der Waals surface area contributed by atoms with E-state index in [1.165, 1.54) is 5.56 Å². The first-order valence-electron chi connectivity index (χ1n) is 10.1. The lowest BCUT2D eigenvalue weighted by Crippen LogP contribution is -2.45. The summed E-state index contributed by atoms with van der Waals surface area (Å²) in [6, 6.07) is 10.2. The third kappa shape index (κ3) is 7.24. The first-order valence-corrected chi connectivity index (χ1v) is 10.1. The highest BCUT2D eigenvalue weighted by Gasteiger charge is 2.28. The fraction of sp³-hybridized carbons (Fsp3) is 0.636. The van der Waals surface area contributed by atoms with Crippen LogP contribution in [0.3, 0.4) is 0 Å². The topological polar surface area (TPSA) is 58.6 Å². The van der Waals surface area contributed by atoms with Gasteiger partial charge in [-0.2, -0.15) is 0 Å². The van der Waals surface area contributed by atoms with Crippen molar-refractivity contribution in [1.82, 2.24) is 10.2 Å². The van der Waals surface area contributed by atoms with Crippen molar-refractivity contribution < 1.29 is 14.3 Å². The minimum atomic E-state index is -0.481. The summed E-state index contributed by atoms with van der Waals surface area (Å²) in [6.07, 6.45) is 3.15. The maximum Gasteiger partial charge on any atom is 0.410 e. The highest BCUT2D eigenvalue weighted by molar-refractivity contribution is 5.76. The molecule has 1 fully saturated rings. The standard InChI is InChI=1S/C22H34N2O3/c1-5-18(19-11-7-6-8-12-19)14-20(25)23-15-17-10-9-13-24(16-17)21(26)27-22(2,3)4/h6-8,11-12,17-18H,5,9-10,13-16H2,1-4H3,(H,23,25). The summed E-state index contributed by atoms with van der Waals surface area (Å²) in [7, 11) is 0. The number of rotatable bonds is 6. The van der Waals surface area contributed by atoms with Gasteiger partial charge in [-0.15, -0.1) is 0 Å². The highest BCUT2D eigenvalue weighted by atomic mass is 16.6. The van der Waals surface area contributed by atoms with E-state index >= 15 is 0 Å². The molecular weight excluding hydrogens is 340 g/mol. The lowest BCUT2D eigenvalue weighted by molar-refractivity contribution is -0.121. The van der Waals surface area contributed by atoms with Crippen LogP contribution < -0.4 is 5.32 Å². The number of nitrogens with one attached hydrogen (secondary N) is 1. The number of carbonyl (C=O) groups excluding carboxylic acids is 2. The van der Waals surface area contributed by atoms with Crippen LogP contribution in [0.4, 0.5) is 4.79 Å². The van der Waals surface area contributed by atoms with Crippen LogP contribution in [-0.2, 0) is 9.53 Å². The summed E-state index contributed by atoms with van der Waals surface area (Å²) in [5.41, 5.74) is 0.731. The van der Waals surface area contributed by atoms with Gasteiger partial charge in [0.2, 0.25) is 5.91 Å². The van der Waals surface area contributed by atoms with Gasteiger partial charge in [0, 0.05) is 26.1 Å². The van der Waals surface area contributed by atoms with Gasteiger partial charge < -0.3 is 15.0 Å². The minimum absolute atomic E-state index is 0.0834. The smallest absolute Gasteiger partial charge is 0.410 e. The minimum Gasteiger partial charge on any atom is -0.444 e. The van der Waals surface area contributed by atoms with E-state index in [1.807, 2.05) is 39.0 Å². The predicted octanol–water partition coefficient (Wildman–Crippen LogP) is 4.33. The van der Waals surface area contributed by atoms with Gasteiger partial charge in [-0.3, -0.25) is 4.79 Å². The molecule has 0 bridgehead atoms. The highest BCUT2D eigenvalue weighted by Crippen LogP contribution is 2.23. The van der Waals surface area contributed by atoms with Crippen molar-refractivity contribution in [3.05, 3.63) is 35.9 Å². The molecular formula is C22H34N2O3. The molecule has 27 heavy (non-hydrogen) atoms. The van der Waals surface area contributed by atoms with Crippen LogP contribution in [0.25, 0.3) is 0 Å². The zero-order valence-electron chi connectivity index (χ0n) is 17.2. The first-order chi connectivity index (χ1) is 12.8. The summed E-state index contributed by atoms with van der Waals surface area (Å²) in [5, 5.41) is 3.08. The van der Waals surface area contributed by atoms with Gasteiger partial charge >= 0.3 is 6.09 Å². The first kappa shape index (κ1) is 21.3. The Hall–Kier alpha value is -2.04. The SMILES string of the molecule is CCC(CC(=O)NCC1CCCN(C(=O)OC(C)(C)C)C1)c1ccccc1. The molecule has 2 atom stereocenters. The maximum absolute atomic E-state index is 12.4. The van der Waals surface area contributed by atoms with Crippen LogP contribution in [0.5, 0.6) is 0 Å². The Morgan fingerprint density at radius 3 is 2.59 bits per heavy atom. The molecule has 1 saturated heterocycles. The molecule has 5 nitrogen and oxygen atoms in total. The average molecular weight is 375 g/mol. The zero-order chi connectivity index (χ0) is 19.9. The third-order valence-corrected chi connectivity index (χ3v) is 4.95. The number of nitrogens with zero attached hydrogens (tertiary/aromatic N) is 1. The molecule has 1 aromatic rings. The van der Waals surface area contributed by atoms with E-state index in [-0.39, 0.29) is 23.8 Å². The molecule has 2 unspecified atom stereocenters. The molecule has 0 spiro atoms. The number of piperidine rings is 1. The van der Waals surface area contributed by atoms with E-state index in [0.717, 1.165) is 25.8 Å². The van der Waals surface area contributed by atoms with E-state index < -0.39 is 5.60 Å². The largest absolute Gasteiger partial charge is 0.444 e. The Balaban J connectivity index is 1.79. The lowest BCUT2D eigenvalue weighted by Gasteiger charge is -2.34. The summed E-state index contributed by atoms with van der Waals surface area (Å²) in [5.74, 6) is 0.614. The molecule has 2 rings (SSSR count). The number of amides is 2. The van der Waals surface area contributed by atoms with Gasteiger partial charge in [0.05, 0.1) is 0 Å². The van der Waals surface area contributed by atoms with Gasteiger partial charge in [-0.1, -0.05) is 37.3 Å². The Kier molecular flexibility index (Phi) is 7.69. The summed E-state index contributed by atoms with van der Waals surface area (Å²) < 4.78 is 5.47. The number of hydrogen-bond acceptors (Lipinski definition) is 3. The fourth-order valence-electron chi connectivity index (χ4n) is 3.50. The molecule has 0 aromatic heterocycles. The van der Waals surface area contributed by atoms with Crippen molar-refractivity contribution in [2.45, 2.75) is 64.9 Å². The molecule has 1 aliphatic rings. The van der Waals surface area contributed by atoms with E-state index in [2.05, 4.69) is 24.4 Å². The summed E-state index contributed by atoms with van der Waals surface area (Å²) >= 11 is 0. The van der Waals surface area contributed by atoms with Crippen molar-refractivity contribution in [1.29, 1.82) is 0 Å². The average Bonchev–Trinajstić information content (AvgIpc) is 2.64. The zero-order valence-corrected chi connectivity index (χ0v) is 17.2. The van der Waals surface area contributed by atoms with Crippen LogP contribution >= 0.6 is 0 Å². The van der Waals surface area contributed by atoms with Gasteiger partial charge in [-0.25, -0.2) is 4.79 Å². The Bertz CT molecular complexity index is 610.